The lowest BCUT2D eigenvalue weighted by atomic mass is 10.2. The van der Waals surface area contributed by atoms with Gasteiger partial charge < -0.3 is 15.2 Å². The Hall–Kier alpha value is -2.81. The summed E-state index contributed by atoms with van der Waals surface area (Å²) in [4.78, 5) is 15.6. The summed E-state index contributed by atoms with van der Waals surface area (Å²) >= 11 is 0. The summed E-state index contributed by atoms with van der Waals surface area (Å²) in [5.74, 6) is 0. The highest BCUT2D eigenvalue weighted by Gasteiger charge is 2.04. The molecule has 20 heavy (non-hydrogen) atoms. The van der Waals surface area contributed by atoms with E-state index in [4.69, 9.17) is 5.26 Å². The zero-order valence-electron chi connectivity index (χ0n) is 10.9. The van der Waals surface area contributed by atoms with Crippen molar-refractivity contribution in [1.82, 2.24) is 14.9 Å². The summed E-state index contributed by atoms with van der Waals surface area (Å²) in [6, 6.07) is 8.62. The van der Waals surface area contributed by atoms with Crippen LogP contribution in [0.5, 0.6) is 0 Å². The van der Waals surface area contributed by atoms with E-state index in [1.165, 1.54) is 0 Å². The second kappa shape index (κ2) is 6.95. The van der Waals surface area contributed by atoms with E-state index >= 15 is 0 Å². The van der Waals surface area contributed by atoms with Crippen molar-refractivity contribution in [2.45, 2.75) is 13.0 Å². The molecule has 6 heteroatoms. The standard InChI is InChI=1S/C14H15N5O/c15-10-12-4-1-2-5-13(12)18-14(20)17-6-3-8-19-9-7-16-11-19/h1-2,4-5,7,9,11H,3,6,8H2,(H2,17,18,20). The Morgan fingerprint density at radius 1 is 1.40 bits per heavy atom. The summed E-state index contributed by atoms with van der Waals surface area (Å²) < 4.78 is 1.95. The zero-order chi connectivity index (χ0) is 14.2. The van der Waals surface area contributed by atoms with Crippen LogP contribution in [0.2, 0.25) is 0 Å². The number of amides is 2. The van der Waals surface area contributed by atoms with Crippen LogP contribution >= 0.6 is 0 Å². The van der Waals surface area contributed by atoms with E-state index in [1.54, 1.807) is 36.8 Å². The normalized spacial score (nSPS) is 9.75. The molecule has 2 rings (SSSR count). The predicted molar refractivity (Wildman–Crippen MR) is 75.0 cm³/mol. The Balaban J connectivity index is 1.74. The number of aromatic nitrogens is 2. The smallest absolute Gasteiger partial charge is 0.319 e. The van der Waals surface area contributed by atoms with E-state index < -0.39 is 0 Å². The Morgan fingerprint density at radius 3 is 3.00 bits per heavy atom. The number of imidazole rings is 1. The van der Waals surface area contributed by atoms with Crippen LogP contribution in [0.3, 0.4) is 0 Å². The third-order valence-electron chi connectivity index (χ3n) is 2.73. The van der Waals surface area contributed by atoms with Crippen LogP contribution in [0.4, 0.5) is 10.5 Å². The zero-order valence-corrected chi connectivity index (χ0v) is 10.9. The molecule has 0 spiro atoms. The predicted octanol–water partition coefficient (Wildman–Crippen LogP) is 1.97. The topological polar surface area (TPSA) is 82.7 Å². The molecule has 0 radical (unpaired) electrons. The van der Waals surface area contributed by atoms with Gasteiger partial charge in [-0.2, -0.15) is 5.26 Å². The fourth-order valence-corrected chi connectivity index (χ4v) is 1.74. The van der Waals surface area contributed by atoms with Gasteiger partial charge in [0.25, 0.3) is 0 Å². The Bertz CT molecular complexity index is 600. The van der Waals surface area contributed by atoms with Crippen LogP contribution in [0.15, 0.2) is 43.0 Å². The first-order valence-corrected chi connectivity index (χ1v) is 6.29. The van der Waals surface area contributed by atoms with Gasteiger partial charge in [-0.25, -0.2) is 9.78 Å². The number of nitrogens with one attached hydrogen (secondary N) is 2. The van der Waals surface area contributed by atoms with Crippen LogP contribution < -0.4 is 10.6 Å². The lowest BCUT2D eigenvalue weighted by Gasteiger charge is -2.08. The van der Waals surface area contributed by atoms with Crippen molar-refractivity contribution in [1.29, 1.82) is 5.26 Å². The highest BCUT2D eigenvalue weighted by atomic mass is 16.2. The van der Waals surface area contributed by atoms with Gasteiger partial charge in [0.15, 0.2) is 0 Å². The van der Waals surface area contributed by atoms with Crippen LogP contribution in [-0.2, 0) is 6.54 Å². The molecule has 0 saturated carbocycles. The molecule has 0 aliphatic rings. The first-order valence-electron chi connectivity index (χ1n) is 6.29. The highest BCUT2D eigenvalue weighted by molar-refractivity contribution is 5.90. The lowest BCUT2D eigenvalue weighted by molar-refractivity contribution is 0.252. The van der Waals surface area contributed by atoms with Gasteiger partial charge in [-0.1, -0.05) is 12.1 Å². The van der Waals surface area contributed by atoms with Gasteiger partial charge in [0.1, 0.15) is 6.07 Å². The van der Waals surface area contributed by atoms with E-state index in [0.717, 1.165) is 13.0 Å². The second-order valence-corrected chi connectivity index (χ2v) is 4.19. The van der Waals surface area contributed by atoms with Crippen LogP contribution in [-0.4, -0.2) is 22.1 Å². The summed E-state index contributed by atoms with van der Waals surface area (Å²) in [5, 5.41) is 14.3. The molecule has 1 heterocycles. The maximum Gasteiger partial charge on any atom is 0.319 e. The van der Waals surface area contributed by atoms with Gasteiger partial charge in [-0.15, -0.1) is 0 Å². The van der Waals surface area contributed by atoms with Crippen molar-refractivity contribution in [3.63, 3.8) is 0 Å². The lowest BCUT2D eigenvalue weighted by Crippen LogP contribution is -2.30. The first-order chi connectivity index (χ1) is 9.79. The summed E-state index contributed by atoms with van der Waals surface area (Å²) in [5.41, 5.74) is 0.961. The SMILES string of the molecule is N#Cc1ccccc1NC(=O)NCCCn1ccnc1. The molecule has 0 saturated heterocycles. The number of nitrogens with zero attached hydrogens (tertiary/aromatic N) is 3. The van der Waals surface area contributed by atoms with Gasteiger partial charge in [-0.3, -0.25) is 0 Å². The molecule has 6 nitrogen and oxygen atoms in total. The molecular weight excluding hydrogens is 254 g/mol. The molecule has 0 atom stereocenters. The van der Waals surface area contributed by atoms with Crippen molar-refractivity contribution in [2.75, 3.05) is 11.9 Å². The number of anilines is 1. The molecule has 0 aliphatic carbocycles. The van der Waals surface area contributed by atoms with Crippen LogP contribution in [0.1, 0.15) is 12.0 Å². The van der Waals surface area contributed by atoms with Gasteiger partial charge in [0.05, 0.1) is 17.6 Å². The number of hydrogen-bond donors (Lipinski definition) is 2. The second-order valence-electron chi connectivity index (χ2n) is 4.19. The number of benzene rings is 1. The van der Waals surface area contributed by atoms with Crippen molar-refractivity contribution in [2.24, 2.45) is 0 Å². The fraction of sp³-hybridized carbons (Fsp3) is 0.214. The van der Waals surface area contributed by atoms with Crippen molar-refractivity contribution in [3.05, 3.63) is 48.5 Å². The maximum absolute atomic E-state index is 11.7. The number of carbonyl (C=O) groups excluding carboxylic acids is 1. The van der Waals surface area contributed by atoms with Crippen LogP contribution in [0, 0.1) is 11.3 Å². The number of para-hydroxylation sites is 1. The van der Waals surface area contributed by atoms with Crippen molar-refractivity contribution in [3.8, 4) is 6.07 Å². The molecule has 0 aliphatic heterocycles. The van der Waals surface area contributed by atoms with Crippen molar-refractivity contribution >= 4 is 11.7 Å². The Kier molecular flexibility index (Phi) is 4.73. The van der Waals surface area contributed by atoms with Gasteiger partial charge >= 0.3 is 6.03 Å². The quantitative estimate of drug-likeness (QED) is 0.814. The monoisotopic (exact) mass is 269 g/mol. The molecular formula is C14H15N5O. The van der Waals surface area contributed by atoms with Crippen molar-refractivity contribution < 1.29 is 4.79 Å². The van der Waals surface area contributed by atoms with Crippen LogP contribution in [0.25, 0.3) is 0 Å². The van der Waals surface area contributed by atoms with E-state index in [0.29, 0.717) is 17.8 Å². The highest BCUT2D eigenvalue weighted by Crippen LogP contribution is 2.12. The number of rotatable bonds is 5. The molecule has 1 aromatic carbocycles. The average Bonchev–Trinajstić information content (AvgIpc) is 2.97. The van der Waals surface area contributed by atoms with Gasteiger partial charge in [-0.05, 0) is 18.6 Å². The minimum absolute atomic E-state index is 0.307. The Labute approximate surface area is 117 Å². The molecule has 2 N–H and O–H groups in total. The average molecular weight is 269 g/mol. The first kappa shape index (κ1) is 13.6. The molecule has 0 unspecified atom stereocenters. The third-order valence-corrected chi connectivity index (χ3v) is 2.73. The number of carbonyl (C=O) groups is 1. The third kappa shape index (κ3) is 3.85. The van der Waals surface area contributed by atoms with E-state index in [2.05, 4.69) is 15.6 Å². The summed E-state index contributed by atoms with van der Waals surface area (Å²) in [7, 11) is 0. The number of hydrogen-bond acceptors (Lipinski definition) is 3. The minimum atomic E-state index is -0.307. The molecule has 1 aromatic heterocycles. The number of urea groups is 1. The minimum Gasteiger partial charge on any atom is -0.338 e. The number of aryl methyl sites for hydroxylation is 1. The Morgan fingerprint density at radius 2 is 2.25 bits per heavy atom. The molecule has 2 amide bonds. The molecule has 0 fully saturated rings. The molecule has 0 bridgehead atoms. The van der Waals surface area contributed by atoms with E-state index in [1.807, 2.05) is 16.8 Å². The maximum atomic E-state index is 11.7. The largest absolute Gasteiger partial charge is 0.338 e. The van der Waals surface area contributed by atoms with E-state index in [9.17, 15) is 4.79 Å². The van der Waals surface area contributed by atoms with E-state index in [-0.39, 0.29) is 6.03 Å². The van der Waals surface area contributed by atoms with Gasteiger partial charge in [0, 0.05) is 25.5 Å². The molecule has 102 valence electrons. The summed E-state index contributed by atoms with van der Waals surface area (Å²) in [6.07, 6.45) is 6.15. The summed E-state index contributed by atoms with van der Waals surface area (Å²) in [6.45, 7) is 1.35. The van der Waals surface area contributed by atoms with Gasteiger partial charge in [0.2, 0.25) is 0 Å². The fourth-order valence-electron chi connectivity index (χ4n) is 1.74. The number of nitriles is 1. The molecule has 2 aromatic rings.